The lowest BCUT2D eigenvalue weighted by Crippen LogP contribution is -2.36. The fourth-order valence-electron chi connectivity index (χ4n) is 2.39. The van der Waals surface area contributed by atoms with E-state index in [1.165, 1.54) is 11.1 Å². The first-order valence-electron chi connectivity index (χ1n) is 6.83. The van der Waals surface area contributed by atoms with Gasteiger partial charge < -0.3 is 0 Å². The lowest BCUT2D eigenvalue weighted by Gasteiger charge is -2.23. The molecule has 1 rings (SSSR count). The second kappa shape index (κ2) is 7.32. The molecule has 0 radical (unpaired) electrons. The third kappa shape index (κ3) is 3.95. The number of hydrogen-bond donors (Lipinski definition) is 0. The molecule has 1 heterocycles. The maximum atomic E-state index is 11.6. The van der Waals surface area contributed by atoms with Crippen LogP contribution in [0.4, 0.5) is 0 Å². The van der Waals surface area contributed by atoms with Gasteiger partial charge in [0.25, 0.3) is 0 Å². The first-order valence-corrected chi connectivity index (χ1v) is 6.83. The molecule has 1 aliphatic heterocycles. The molecule has 100 valence electrons. The van der Waals surface area contributed by atoms with E-state index >= 15 is 0 Å². The molecule has 2 nitrogen and oxygen atoms in total. The smallest absolute Gasteiger partial charge is 0.146 e. The first kappa shape index (κ1) is 14.9. The number of allylic oxidation sites excluding steroid dienone is 3. The summed E-state index contributed by atoms with van der Waals surface area (Å²) in [4.78, 5) is 13.9. The number of rotatable bonds is 6. The molecule has 1 unspecified atom stereocenters. The molecule has 0 aromatic carbocycles. The Kier molecular flexibility index (Phi) is 6.06. The Morgan fingerprint density at radius 2 is 2.17 bits per heavy atom. The van der Waals surface area contributed by atoms with Gasteiger partial charge in [-0.15, -0.1) is 0 Å². The van der Waals surface area contributed by atoms with E-state index < -0.39 is 0 Å². The zero-order valence-electron chi connectivity index (χ0n) is 11.9. The van der Waals surface area contributed by atoms with Crippen molar-refractivity contribution in [3.8, 4) is 0 Å². The topological polar surface area (TPSA) is 20.3 Å². The lowest BCUT2D eigenvalue weighted by atomic mass is 10.1. The molecule has 1 atom stereocenters. The second-order valence-corrected chi connectivity index (χ2v) is 4.96. The van der Waals surface area contributed by atoms with Crippen molar-refractivity contribution in [1.82, 2.24) is 4.90 Å². The molecule has 0 aliphatic carbocycles. The average Bonchev–Trinajstić information content (AvgIpc) is 2.81. The Bertz CT molecular complexity index is 365. The van der Waals surface area contributed by atoms with E-state index in [1.807, 2.05) is 6.08 Å². The van der Waals surface area contributed by atoms with Gasteiger partial charge in [-0.3, -0.25) is 9.69 Å². The molecule has 0 spiro atoms. The molecule has 0 aromatic heterocycles. The Morgan fingerprint density at radius 3 is 2.72 bits per heavy atom. The van der Waals surface area contributed by atoms with Crippen LogP contribution >= 0.6 is 0 Å². The van der Waals surface area contributed by atoms with E-state index in [4.69, 9.17) is 0 Å². The zero-order chi connectivity index (χ0) is 13.5. The van der Waals surface area contributed by atoms with E-state index in [-0.39, 0.29) is 6.04 Å². The number of carbonyl (C=O) groups is 1. The van der Waals surface area contributed by atoms with E-state index in [9.17, 15) is 4.79 Å². The molecule has 2 heteroatoms. The van der Waals surface area contributed by atoms with Gasteiger partial charge in [0.1, 0.15) is 5.78 Å². The van der Waals surface area contributed by atoms with Crippen LogP contribution in [0.25, 0.3) is 0 Å². The Hall–Kier alpha value is -1.15. The number of nitrogens with zero attached hydrogens (tertiary/aromatic N) is 1. The van der Waals surface area contributed by atoms with Crippen molar-refractivity contribution in [3.05, 3.63) is 36.0 Å². The molecule has 1 saturated heterocycles. The summed E-state index contributed by atoms with van der Waals surface area (Å²) in [5, 5.41) is 0. The second-order valence-electron chi connectivity index (χ2n) is 4.96. The third-order valence-corrected chi connectivity index (χ3v) is 3.57. The highest BCUT2D eigenvalue weighted by molar-refractivity contribution is 5.81. The molecule has 1 fully saturated rings. The maximum absolute atomic E-state index is 11.6. The van der Waals surface area contributed by atoms with E-state index in [1.54, 1.807) is 6.92 Å². The standard InChI is InChI=1S/C16H25NO/c1-5-7-9-15(13(3)6-2)12-17-11-8-10-16(17)14(4)18/h6-7,9,16H,2,5,8,10-12H2,1,3-4H3/b9-7-,15-13+. The van der Waals surface area contributed by atoms with E-state index in [0.717, 1.165) is 32.4 Å². The number of Topliss-reactive ketones (excluding diaryl/α,β-unsaturated/α-hetero) is 1. The summed E-state index contributed by atoms with van der Waals surface area (Å²) in [5.41, 5.74) is 2.48. The van der Waals surface area contributed by atoms with Crippen LogP contribution in [0.1, 0.15) is 40.0 Å². The van der Waals surface area contributed by atoms with Crippen molar-refractivity contribution in [1.29, 1.82) is 0 Å². The summed E-state index contributed by atoms with van der Waals surface area (Å²) < 4.78 is 0. The number of likely N-dealkylation sites (tertiary alicyclic amines) is 1. The van der Waals surface area contributed by atoms with E-state index in [2.05, 4.69) is 37.5 Å². The minimum absolute atomic E-state index is 0.118. The number of carbonyl (C=O) groups excluding carboxylic acids is 1. The van der Waals surface area contributed by atoms with Gasteiger partial charge in [-0.1, -0.05) is 31.7 Å². The van der Waals surface area contributed by atoms with Gasteiger partial charge >= 0.3 is 0 Å². The van der Waals surface area contributed by atoms with Gasteiger partial charge in [-0.25, -0.2) is 0 Å². The molecule has 0 aromatic rings. The van der Waals surface area contributed by atoms with Crippen LogP contribution in [-0.2, 0) is 4.79 Å². The van der Waals surface area contributed by atoms with Gasteiger partial charge in [0.15, 0.2) is 0 Å². The predicted octanol–water partition coefficient (Wildman–Crippen LogP) is 3.51. The van der Waals surface area contributed by atoms with Crippen molar-refractivity contribution in [2.45, 2.75) is 46.1 Å². The van der Waals surface area contributed by atoms with Gasteiger partial charge in [-0.2, -0.15) is 0 Å². The number of hydrogen-bond acceptors (Lipinski definition) is 2. The van der Waals surface area contributed by atoms with Crippen molar-refractivity contribution in [3.63, 3.8) is 0 Å². The van der Waals surface area contributed by atoms with Crippen LogP contribution in [0, 0.1) is 0 Å². The van der Waals surface area contributed by atoms with Gasteiger partial charge in [0, 0.05) is 6.54 Å². The van der Waals surface area contributed by atoms with Crippen LogP contribution in [0.3, 0.4) is 0 Å². The highest BCUT2D eigenvalue weighted by atomic mass is 16.1. The van der Waals surface area contributed by atoms with Gasteiger partial charge in [0.05, 0.1) is 6.04 Å². The Balaban J connectivity index is 2.81. The fourth-order valence-corrected chi connectivity index (χ4v) is 2.39. The minimum Gasteiger partial charge on any atom is -0.298 e. The summed E-state index contributed by atoms with van der Waals surface area (Å²) in [6, 6.07) is 0.118. The zero-order valence-corrected chi connectivity index (χ0v) is 11.9. The van der Waals surface area contributed by atoms with Crippen LogP contribution in [0.15, 0.2) is 36.0 Å². The average molecular weight is 247 g/mol. The lowest BCUT2D eigenvalue weighted by molar-refractivity contribution is -0.121. The highest BCUT2D eigenvalue weighted by Crippen LogP contribution is 2.21. The van der Waals surface area contributed by atoms with Crippen molar-refractivity contribution in [2.24, 2.45) is 0 Å². The van der Waals surface area contributed by atoms with Crippen molar-refractivity contribution in [2.75, 3.05) is 13.1 Å². The van der Waals surface area contributed by atoms with E-state index in [0.29, 0.717) is 5.78 Å². The van der Waals surface area contributed by atoms with Crippen LogP contribution < -0.4 is 0 Å². The van der Waals surface area contributed by atoms with Crippen LogP contribution in [0.5, 0.6) is 0 Å². The quantitative estimate of drug-likeness (QED) is 0.669. The normalized spacial score (nSPS) is 22.3. The Morgan fingerprint density at radius 1 is 1.44 bits per heavy atom. The SMILES string of the molecule is C=C/C(C)=C(\C=C/CC)CN1CCCC1C(C)=O. The molecule has 0 N–H and O–H groups in total. The monoisotopic (exact) mass is 247 g/mol. The maximum Gasteiger partial charge on any atom is 0.146 e. The Labute approximate surface area is 111 Å². The minimum atomic E-state index is 0.118. The summed E-state index contributed by atoms with van der Waals surface area (Å²) >= 11 is 0. The molecule has 18 heavy (non-hydrogen) atoms. The number of ketones is 1. The molecular weight excluding hydrogens is 222 g/mol. The molecule has 0 bridgehead atoms. The van der Waals surface area contributed by atoms with Crippen LogP contribution in [-0.4, -0.2) is 29.8 Å². The third-order valence-electron chi connectivity index (χ3n) is 3.57. The van der Waals surface area contributed by atoms with Crippen molar-refractivity contribution < 1.29 is 4.79 Å². The summed E-state index contributed by atoms with van der Waals surface area (Å²) in [5.74, 6) is 0.294. The predicted molar refractivity (Wildman–Crippen MR) is 77.6 cm³/mol. The fraction of sp³-hybridized carbons (Fsp3) is 0.562. The van der Waals surface area contributed by atoms with Gasteiger partial charge in [-0.05, 0) is 50.8 Å². The molecule has 1 aliphatic rings. The summed E-state index contributed by atoms with van der Waals surface area (Å²) in [6.45, 7) is 11.6. The first-order chi connectivity index (χ1) is 8.60. The largest absolute Gasteiger partial charge is 0.298 e. The summed E-state index contributed by atoms with van der Waals surface area (Å²) in [6.07, 6.45) is 9.40. The highest BCUT2D eigenvalue weighted by Gasteiger charge is 2.28. The van der Waals surface area contributed by atoms with Crippen LogP contribution in [0.2, 0.25) is 0 Å². The molecule has 0 saturated carbocycles. The molecular formula is C16H25NO. The van der Waals surface area contributed by atoms with Crippen molar-refractivity contribution >= 4 is 5.78 Å². The van der Waals surface area contributed by atoms with Gasteiger partial charge in [0.2, 0.25) is 0 Å². The molecule has 0 amide bonds. The summed E-state index contributed by atoms with van der Waals surface area (Å²) in [7, 11) is 0.